The molecule has 2 heterocycles. The van der Waals surface area contributed by atoms with Crippen molar-refractivity contribution in [1.29, 1.82) is 0 Å². The largest absolute Gasteiger partial charge is 0.459 e. The summed E-state index contributed by atoms with van der Waals surface area (Å²) in [5, 5.41) is 4.08. The van der Waals surface area contributed by atoms with E-state index in [9.17, 15) is 14.0 Å². The monoisotopic (exact) mass is 433 g/mol. The van der Waals surface area contributed by atoms with Gasteiger partial charge in [0.15, 0.2) is 5.75 Å². The Kier molecular flexibility index (Phi) is 5.17. The van der Waals surface area contributed by atoms with Crippen LogP contribution in [0.3, 0.4) is 0 Å². The van der Waals surface area contributed by atoms with E-state index >= 15 is 0 Å². The van der Waals surface area contributed by atoms with Crippen LogP contribution in [0.15, 0.2) is 48.3 Å². The zero-order chi connectivity index (χ0) is 20.5. The number of rotatable bonds is 5. The average molecular weight is 434 g/mol. The van der Waals surface area contributed by atoms with Crippen molar-refractivity contribution in [3.63, 3.8) is 0 Å². The highest BCUT2D eigenvalue weighted by Gasteiger charge is 2.33. The third-order valence-electron chi connectivity index (χ3n) is 4.51. The minimum atomic E-state index is -1.03. The summed E-state index contributed by atoms with van der Waals surface area (Å²) >= 11 is 11.9. The van der Waals surface area contributed by atoms with Gasteiger partial charge in [0.25, 0.3) is 5.91 Å². The minimum Gasteiger partial charge on any atom is -0.459 e. The average Bonchev–Trinajstić information content (AvgIpc) is 3.22. The van der Waals surface area contributed by atoms with Gasteiger partial charge in [0.05, 0.1) is 17.1 Å². The third kappa shape index (κ3) is 3.66. The number of aromatic amines is 1. The van der Waals surface area contributed by atoms with Crippen LogP contribution in [0.5, 0.6) is 5.75 Å². The number of hydrogen-bond donors (Lipinski definition) is 2. The number of halogens is 3. The van der Waals surface area contributed by atoms with E-state index in [4.69, 9.17) is 27.9 Å². The molecule has 1 aromatic heterocycles. The Labute approximate surface area is 174 Å². The molecule has 9 heteroatoms. The predicted molar refractivity (Wildman–Crippen MR) is 108 cm³/mol. The molecule has 4 rings (SSSR count). The van der Waals surface area contributed by atoms with Gasteiger partial charge in [0.2, 0.25) is 6.86 Å². The molecule has 0 spiro atoms. The van der Waals surface area contributed by atoms with Crippen molar-refractivity contribution in [1.82, 2.24) is 15.2 Å². The molecule has 0 atom stereocenters. The molecule has 1 aliphatic rings. The summed E-state index contributed by atoms with van der Waals surface area (Å²) in [6.07, 6.45) is 3.18. The molecule has 0 unspecified atom stereocenters. The second kappa shape index (κ2) is 7.77. The van der Waals surface area contributed by atoms with Gasteiger partial charge in [-0.3, -0.25) is 9.69 Å². The van der Waals surface area contributed by atoms with Crippen LogP contribution in [-0.2, 0) is 11.3 Å². The highest BCUT2D eigenvalue weighted by molar-refractivity contribution is 6.33. The number of urea groups is 1. The Morgan fingerprint density at radius 1 is 1.10 bits per heavy atom. The standard InChI is InChI=1S/C20H14Cl2FN3O3/c21-13-3-1-11(2-4-13)9-26-19(27)16(25-20(26)28)7-12-8-24-17-14(12)5-6-15(22)18(17)29-10-23/h1-8,24H,9-10H2,(H,25,28). The summed E-state index contributed by atoms with van der Waals surface area (Å²) in [7, 11) is 0. The molecule has 1 saturated heterocycles. The molecule has 148 valence electrons. The Bertz CT molecular complexity index is 1140. The fraction of sp³-hybridized carbons (Fsp3) is 0.100. The van der Waals surface area contributed by atoms with Gasteiger partial charge in [-0.2, -0.15) is 0 Å². The fourth-order valence-electron chi connectivity index (χ4n) is 3.13. The smallest absolute Gasteiger partial charge is 0.329 e. The number of fused-ring (bicyclic) bond motifs is 1. The van der Waals surface area contributed by atoms with Crippen molar-refractivity contribution in [2.45, 2.75) is 6.54 Å². The number of aromatic nitrogens is 1. The lowest BCUT2D eigenvalue weighted by atomic mass is 10.1. The molecule has 1 fully saturated rings. The van der Waals surface area contributed by atoms with Crippen molar-refractivity contribution in [2.75, 3.05) is 6.86 Å². The Balaban J connectivity index is 1.63. The van der Waals surface area contributed by atoms with Crippen molar-refractivity contribution >= 4 is 52.1 Å². The van der Waals surface area contributed by atoms with E-state index < -0.39 is 18.8 Å². The van der Waals surface area contributed by atoms with E-state index in [1.807, 2.05) is 0 Å². The number of H-pyrrole nitrogens is 1. The first-order valence-corrected chi connectivity index (χ1v) is 9.31. The molecular formula is C20H14Cl2FN3O3. The van der Waals surface area contributed by atoms with Crippen LogP contribution in [0.2, 0.25) is 10.0 Å². The van der Waals surface area contributed by atoms with Gasteiger partial charge in [0.1, 0.15) is 5.70 Å². The fourth-order valence-corrected chi connectivity index (χ4v) is 3.46. The normalized spacial score (nSPS) is 15.4. The molecule has 2 N–H and O–H groups in total. The lowest BCUT2D eigenvalue weighted by Gasteiger charge is -2.11. The maximum atomic E-state index is 12.7. The SMILES string of the molecule is O=C1NC(=Cc2c[nH]c3c(OCF)c(Cl)ccc23)C(=O)N1Cc1ccc(Cl)cc1. The number of hydrogen-bond acceptors (Lipinski definition) is 3. The van der Waals surface area contributed by atoms with E-state index in [-0.39, 0.29) is 23.0 Å². The van der Waals surface area contributed by atoms with Crippen LogP contribution in [0.4, 0.5) is 9.18 Å². The Morgan fingerprint density at radius 2 is 1.86 bits per heavy atom. The lowest BCUT2D eigenvalue weighted by molar-refractivity contribution is -0.123. The van der Waals surface area contributed by atoms with Crippen LogP contribution in [0.1, 0.15) is 11.1 Å². The number of amides is 3. The summed E-state index contributed by atoms with van der Waals surface area (Å²) in [6.45, 7) is -0.903. The van der Waals surface area contributed by atoms with Gasteiger partial charge >= 0.3 is 6.03 Å². The summed E-state index contributed by atoms with van der Waals surface area (Å²) < 4.78 is 17.6. The van der Waals surface area contributed by atoms with Gasteiger partial charge in [-0.25, -0.2) is 9.18 Å². The molecule has 0 aliphatic carbocycles. The van der Waals surface area contributed by atoms with Crippen molar-refractivity contribution < 1.29 is 18.7 Å². The zero-order valence-electron chi connectivity index (χ0n) is 14.8. The maximum absolute atomic E-state index is 12.7. The number of ether oxygens (including phenoxy) is 1. The molecule has 0 saturated carbocycles. The lowest BCUT2D eigenvalue weighted by Crippen LogP contribution is -2.30. The number of carbonyl (C=O) groups is 2. The molecule has 0 radical (unpaired) electrons. The van der Waals surface area contributed by atoms with Crippen molar-refractivity contribution in [3.8, 4) is 5.75 Å². The van der Waals surface area contributed by atoms with E-state index in [1.165, 1.54) is 0 Å². The van der Waals surface area contributed by atoms with Gasteiger partial charge in [-0.15, -0.1) is 0 Å². The molecule has 29 heavy (non-hydrogen) atoms. The van der Waals surface area contributed by atoms with Crippen LogP contribution < -0.4 is 10.1 Å². The Morgan fingerprint density at radius 3 is 2.59 bits per heavy atom. The first-order chi connectivity index (χ1) is 14.0. The molecule has 6 nitrogen and oxygen atoms in total. The minimum absolute atomic E-state index is 0.122. The van der Waals surface area contributed by atoms with Crippen LogP contribution in [0, 0.1) is 0 Å². The maximum Gasteiger partial charge on any atom is 0.329 e. The predicted octanol–water partition coefficient (Wildman–Crippen LogP) is 4.87. The van der Waals surface area contributed by atoms with Crippen LogP contribution >= 0.6 is 23.2 Å². The second-order valence-corrected chi connectivity index (χ2v) is 7.15. The number of benzene rings is 2. The summed E-state index contributed by atoms with van der Waals surface area (Å²) in [5.41, 5.74) is 2.02. The van der Waals surface area contributed by atoms with Crippen molar-refractivity contribution in [3.05, 3.63) is 69.5 Å². The number of nitrogens with one attached hydrogen (secondary N) is 2. The molecule has 0 bridgehead atoms. The quantitative estimate of drug-likeness (QED) is 0.445. The number of carbonyl (C=O) groups excluding carboxylic acids is 2. The summed E-state index contributed by atoms with van der Waals surface area (Å²) in [5.74, 6) is -0.268. The van der Waals surface area contributed by atoms with Gasteiger partial charge in [-0.05, 0) is 29.8 Å². The van der Waals surface area contributed by atoms with Crippen LogP contribution in [0.25, 0.3) is 17.0 Å². The van der Waals surface area contributed by atoms with Gasteiger partial charge < -0.3 is 15.0 Å². The number of nitrogens with zero attached hydrogens (tertiary/aromatic N) is 1. The highest BCUT2D eigenvalue weighted by Crippen LogP contribution is 2.35. The van der Waals surface area contributed by atoms with E-state index in [0.29, 0.717) is 21.5 Å². The first kappa shape index (κ1) is 19.3. The molecular weight excluding hydrogens is 420 g/mol. The molecule has 3 amide bonds. The first-order valence-electron chi connectivity index (χ1n) is 8.55. The second-order valence-electron chi connectivity index (χ2n) is 6.30. The Hall–Kier alpha value is -3.03. The van der Waals surface area contributed by atoms with E-state index in [1.54, 1.807) is 48.7 Å². The summed E-state index contributed by atoms with van der Waals surface area (Å²) in [4.78, 5) is 29.1. The third-order valence-corrected chi connectivity index (χ3v) is 5.06. The van der Waals surface area contributed by atoms with E-state index in [2.05, 4.69) is 10.3 Å². The molecule has 1 aliphatic heterocycles. The van der Waals surface area contributed by atoms with E-state index in [0.717, 1.165) is 10.5 Å². The summed E-state index contributed by atoms with van der Waals surface area (Å²) in [6, 6.07) is 9.67. The van der Waals surface area contributed by atoms with Gasteiger partial charge in [-0.1, -0.05) is 41.4 Å². The van der Waals surface area contributed by atoms with Crippen LogP contribution in [-0.4, -0.2) is 28.7 Å². The highest BCUT2D eigenvalue weighted by atomic mass is 35.5. The topological polar surface area (TPSA) is 74.4 Å². The van der Waals surface area contributed by atoms with Gasteiger partial charge in [0, 0.05) is 22.2 Å². The number of alkyl halides is 1. The number of imide groups is 1. The molecule has 2 aromatic carbocycles. The zero-order valence-corrected chi connectivity index (χ0v) is 16.4. The molecule has 3 aromatic rings. The van der Waals surface area contributed by atoms with Crippen molar-refractivity contribution in [2.24, 2.45) is 0 Å².